The van der Waals surface area contributed by atoms with Gasteiger partial charge in [0, 0.05) is 39.0 Å². The van der Waals surface area contributed by atoms with E-state index in [0.717, 1.165) is 62.6 Å². The van der Waals surface area contributed by atoms with Crippen LogP contribution in [0.5, 0.6) is 17.2 Å². The SMILES string of the molecule is CS(=O)(=O)c1cc(Cl)c(OCCCN2CCN(c3cccc4c3OCCO4)CC2)c(Cl)c1. The van der Waals surface area contributed by atoms with Crippen LogP contribution in [-0.2, 0) is 9.84 Å². The van der Waals surface area contributed by atoms with Crippen molar-refractivity contribution in [1.82, 2.24) is 4.90 Å². The Bertz CT molecular complexity index is 1050. The molecule has 2 aromatic rings. The molecule has 0 radical (unpaired) electrons. The normalized spacial score (nSPS) is 16.8. The van der Waals surface area contributed by atoms with Crippen molar-refractivity contribution in [3.63, 3.8) is 0 Å². The number of anilines is 1. The number of ether oxygens (including phenoxy) is 3. The van der Waals surface area contributed by atoms with Crippen molar-refractivity contribution >= 4 is 38.7 Å². The fourth-order valence-corrected chi connectivity index (χ4v) is 5.26. The topological polar surface area (TPSA) is 68.3 Å². The molecule has 0 aromatic heterocycles. The summed E-state index contributed by atoms with van der Waals surface area (Å²) in [4.78, 5) is 4.81. The maximum Gasteiger partial charge on any atom is 0.184 e. The van der Waals surface area contributed by atoms with E-state index < -0.39 is 9.84 Å². The second-order valence-electron chi connectivity index (χ2n) is 7.82. The highest BCUT2D eigenvalue weighted by molar-refractivity contribution is 7.90. The van der Waals surface area contributed by atoms with Crippen LogP contribution in [0.3, 0.4) is 0 Å². The van der Waals surface area contributed by atoms with Crippen LogP contribution < -0.4 is 19.1 Å². The van der Waals surface area contributed by atoms with Gasteiger partial charge >= 0.3 is 0 Å². The number of benzene rings is 2. The van der Waals surface area contributed by atoms with Gasteiger partial charge in [-0.05, 0) is 30.7 Å². The van der Waals surface area contributed by atoms with Crippen LogP contribution in [0.2, 0.25) is 10.0 Å². The fraction of sp³-hybridized carbons (Fsp3) is 0.455. The molecule has 0 spiro atoms. The average molecular weight is 501 g/mol. The number of fused-ring (bicyclic) bond motifs is 1. The Morgan fingerprint density at radius 2 is 1.72 bits per heavy atom. The van der Waals surface area contributed by atoms with Gasteiger partial charge in [0.25, 0.3) is 0 Å². The molecular weight excluding hydrogens is 475 g/mol. The summed E-state index contributed by atoms with van der Waals surface area (Å²) in [5.74, 6) is 1.98. The van der Waals surface area contributed by atoms with E-state index in [9.17, 15) is 8.42 Å². The second-order valence-corrected chi connectivity index (χ2v) is 10.7. The number of para-hydroxylation sites is 1. The highest BCUT2D eigenvalue weighted by atomic mass is 35.5. The summed E-state index contributed by atoms with van der Waals surface area (Å²) in [6.45, 7) is 6.19. The Labute approximate surface area is 198 Å². The molecule has 2 aromatic carbocycles. The average Bonchev–Trinajstić information content (AvgIpc) is 2.77. The van der Waals surface area contributed by atoms with E-state index in [1.165, 1.54) is 12.1 Å². The van der Waals surface area contributed by atoms with Gasteiger partial charge in [-0.25, -0.2) is 8.42 Å². The molecule has 4 rings (SSSR count). The lowest BCUT2D eigenvalue weighted by atomic mass is 10.2. The largest absolute Gasteiger partial charge is 0.490 e. The number of rotatable bonds is 7. The summed E-state index contributed by atoms with van der Waals surface area (Å²) in [7, 11) is -3.38. The molecule has 0 aliphatic carbocycles. The van der Waals surface area contributed by atoms with Crippen LogP contribution in [0.15, 0.2) is 35.2 Å². The van der Waals surface area contributed by atoms with Crippen LogP contribution in [0, 0.1) is 0 Å². The number of hydrogen-bond acceptors (Lipinski definition) is 7. The molecule has 0 N–H and O–H groups in total. The molecule has 0 amide bonds. The molecule has 0 bridgehead atoms. The molecule has 0 atom stereocenters. The predicted octanol–water partition coefficient (Wildman–Crippen LogP) is 3.76. The Morgan fingerprint density at radius 3 is 2.41 bits per heavy atom. The molecule has 1 fully saturated rings. The fourth-order valence-electron chi connectivity index (χ4n) is 3.87. The van der Waals surface area contributed by atoms with Crippen molar-refractivity contribution in [2.75, 3.05) is 63.7 Å². The maximum absolute atomic E-state index is 11.7. The van der Waals surface area contributed by atoms with Crippen LogP contribution in [-0.4, -0.2) is 72.1 Å². The standard InChI is InChI=1S/C22H26Cl2N2O5S/c1-32(27,28)16-14-17(23)21(18(24)15-16)30-11-3-6-25-7-9-26(10-8-25)19-4-2-5-20-22(19)31-13-12-29-20/h2,4-5,14-15H,3,6-13H2,1H3. The quantitative estimate of drug-likeness (QED) is 0.536. The summed E-state index contributed by atoms with van der Waals surface area (Å²) in [6, 6.07) is 8.77. The van der Waals surface area contributed by atoms with Gasteiger partial charge in [-0.15, -0.1) is 0 Å². The third-order valence-corrected chi connectivity index (χ3v) is 7.18. The van der Waals surface area contributed by atoms with Crippen molar-refractivity contribution < 1.29 is 22.6 Å². The molecule has 2 heterocycles. The lowest BCUT2D eigenvalue weighted by Crippen LogP contribution is -2.47. The predicted molar refractivity (Wildman–Crippen MR) is 126 cm³/mol. The number of halogens is 2. The van der Waals surface area contributed by atoms with E-state index >= 15 is 0 Å². The minimum absolute atomic E-state index is 0.0781. The van der Waals surface area contributed by atoms with Gasteiger partial charge in [0.2, 0.25) is 0 Å². The lowest BCUT2D eigenvalue weighted by Gasteiger charge is -2.37. The lowest BCUT2D eigenvalue weighted by molar-refractivity contribution is 0.171. The molecule has 0 saturated carbocycles. The first-order valence-electron chi connectivity index (χ1n) is 10.5. The van der Waals surface area contributed by atoms with Gasteiger partial charge in [-0.3, -0.25) is 4.90 Å². The van der Waals surface area contributed by atoms with Crippen molar-refractivity contribution in [3.05, 3.63) is 40.4 Å². The third kappa shape index (κ3) is 5.36. The number of hydrogen-bond donors (Lipinski definition) is 0. The minimum Gasteiger partial charge on any atom is -0.490 e. The summed E-state index contributed by atoms with van der Waals surface area (Å²) < 4.78 is 40.7. The van der Waals surface area contributed by atoms with Crippen molar-refractivity contribution in [2.45, 2.75) is 11.3 Å². The summed E-state index contributed by atoms with van der Waals surface area (Å²) in [5.41, 5.74) is 1.09. The van der Waals surface area contributed by atoms with E-state index in [1.807, 2.05) is 12.1 Å². The maximum atomic E-state index is 11.7. The van der Waals surface area contributed by atoms with Gasteiger partial charge < -0.3 is 19.1 Å². The highest BCUT2D eigenvalue weighted by Gasteiger charge is 2.23. The molecule has 7 nitrogen and oxygen atoms in total. The highest BCUT2D eigenvalue weighted by Crippen LogP contribution is 2.40. The first-order valence-corrected chi connectivity index (χ1v) is 13.2. The molecule has 2 aliphatic rings. The van der Waals surface area contributed by atoms with Crippen LogP contribution in [0.4, 0.5) is 5.69 Å². The van der Waals surface area contributed by atoms with Gasteiger partial charge in [-0.2, -0.15) is 0 Å². The zero-order chi connectivity index (χ0) is 22.7. The Morgan fingerprint density at radius 1 is 1.03 bits per heavy atom. The molecule has 2 aliphatic heterocycles. The van der Waals surface area contributed by atoms with E-state index in [4.69, 9.17) is 37.4 Å². The first-order chi connectivity index (χ1) is 15.3. The molecule has 10 heteroatoms. The molecule has 174 valence electrons. The van der Waals surface area contributed by atoms with Crippen molar-refractivity contribution in [3.8, 4) is 17.2 Å². The van der Waals surface area contributed by atoms with Crippen LogP contribution in [0.25, 0.3) is 0 Å². The van der Waals surface area contributed by atoms with E-state index in [0.29, 0.717) is 25.6 Å². The summed E-state index contributed by atoms with van der Waals surface area (Å²) in [5, 5.41) is 0.396. The monoisotopic (exact) mass is 500 g/mol. The van der Waals surface area contributed by atoms with E-state index in [2.05, 4.69) is 15.9 Å². The zero-order valence-electron chi connectivity index (χ0n) is 17.9. The Kier molecular flexibility index (Phi) is 7.24. The van der Waals surface area contributed by atoms with Crippen molar-refractivity contribution in [2.24, 2.45) is 0 Å². The van der Waals surface area contributed by atoms with Gasteiger partial charge in [-0.1, -0.05) is 29.3 Å². The van der Waals surface area contributed by atoms with Crippen molar-refractivity contribution in [1.29, 1.82) is 0 Å². The van der Waals surface area contributed by atoms with Crippen LogP contribution in [0.1, 0.15) is 6.42 Å². The third-order valence-electron chi connectivity index (χ3n) is 5.52. The van der Waals surface area contributed by atoms with Gasteiger partial charge in [0.05, 0.1) is 27.2 Å². The first kappa shape index (κ1) is 23.3. The summed E-state index contributed by atoms with van der Waals surface area (Å²) >= 11 is 12.4. The summed E-state index contributed by atoms with van der Waals surface area (Å²) in [6.07, 6.45) is 1.92. The Balaban J connectivity index is 1.25. The zero-order valence-corrected chi connectivity index (χ0v) is 20.2. The van der Waals surface area contributed by atoms with Gasteiger partial charge in [0.15, 0.2) is 27.1 Å². The van der Waals surface area contributed by atoms with Gasteiger partial charge in [0.1, 0.15) is 13.2 Å². The molecule has 32 heavy (non-hydrogen) atoms. The van der Waals surface area contributed by atoms with E-state index in [-0.39, 0.29) is 14.9 Å². The molecular formula is C22H26Cl2N2O5S. The minimum atomic E-state index is -3.38. The molecule has 0 unspecified atom stereocenters. The Hall–Kier alpha value is -1.87. The van der Waals surface area contributed by atoms with E-state index in [1.54, 1.807) is 0 Å². The molecule has 1 saturated heterocycles. The van der Waals surface area contributed by atoms with Crippen LogP contribution >= 0.6 is 23.2 Å². The number of nitrogens with zero attached hydrogens (tertiary/aromatic N) is 2. The second kappa shape index (κ2) is 9.95. The number of sulfone groups is 1. The number of piperazine rings is 1. The smallest absolute Gasteiger partial charge is 0.184 e.